The van der Waals surface area contributed by atoms with Crippen molar-refractivity contribution in [2.45, 2.75) is 6.54 Å². The summed E-state index contributed by atoms with van der Waals surface area (Å²) in [5, 5.41) is 2.97. The lowest BCUT2D eigenvalue weighted by molar-refractivity contribution is 0.895. The largest absolute Gasteiger partial charge is 0.357 e. The van der Waals surface area contributed by atoms with Crippen LogP contribution >= 0.6 is 15.9 Å². The quantitative estimate of drug-likeness (QED) is 0.760. The number of benzene rings is 1. The van der Waals surface area contributed by atoms with Crippen LogP contribution in [0.1, 0.15) is 5.56 Å². The van der Waals surface area contributed by atoms with E-state index in [9.17, 15) is 0 Å². The highest BCUT2D eigenvalue weighted by molar-refractivity contribution is 9.10. The number of imidazole rings is 1. The van der Waals surface area contributed by atoms with Crippen LogP contribution in [0.2, 0.25) is 0 Å². The van der Waals surface area contributed by atoms with Crippen molar-refractivity contribution in [3.8, 4) is 0 Å². The zero-order valence-electron chi connectivity index (χ0n) is 11.8. The van der Waals surface area contributed by atoms with Gasteiger partial charge < -0.3 is 15.2 Å². The second-order valence-corrected chi connectivity index (χ2v) is 5.52. The highest BCUT2D eigenvalue weighted by Gasteiger charge is 2.14. The van der Waals surface area contributed by atoms with Crippen molar-refractivity contribution in [3.63, 3.8) is 0 Å². The summed E-state index contributed by atoms with van der Waals surface area (Å²) in [4.78, 5) is 18.2. The summed E-state index contributed by atoms with van der Waals surface area (Å²) in [7, 11) is 3.80. The van der Waals surface area contributed by atoms with Crippen molar-refractivity contribution in [2.75, 3.05) is 24.3 Å². The number of nitrogens with zero attached hydrogens (tertiary/aromatic N) is 4. The van der Waals surface area contributed by atoms with Gasteiger partial charge in [-0.3, -0.25) is 0 Å². The first-order valence-electron chi connectivity index (χ1n) is 6.52. The third-order valence-electron chi connectivity index (χ3n) is 3.22. The minimum Gasteiger partial charge on any atom is -0.357 e. The van der Waals surface area contributed by atoms with Crippen molar-refractivity contribution in [1.29, 1.82) is 0 Å². The van der Waals surface area contributed by atoms with Gasteiger partial charge in [0.1, 0.15) is 5.52 Å². The molecule has 108 valence electrons. The highest BCUT2D eigenvalue weighted by atomic mass is 79.9. The Balaban J connectivity index is 1.99. The number of rotatable bonds is 4. The summed E-state index contributed by atoms with van der Waals surface area (Å²) in [6.45, 7) is 0.732. The third-order valence-corrected chi connectivity index (χ3v) is 3.99. The Morgan fingerprint density at radius 2 is 2.10 bits per heavy atom. The fourth-order valence-corrected chi connectivity index (χ4v) is 2.57. The minimum absolute atomic E-state index is 0.559. The summed E-state index contributed by atoms with van der Waals surface area (Å²) in [5.74, 6) is 1.38. The molecule has 0 aliphatic heterocycles. The van der Waals surface area contributed by atoms with Crippen molar-refractivity contribution >= 4 is 38.9 Å². The van der Waals surface area contributed by atoms with Gasteiger partial charge in [-0.2, -0.15) is 9.97 Å². The number of nitrogens with one attached hydrogen (secondary N) is 2. The lowest BCUT2D eigenvalue weighted by Gasteiger charge is -2.20. The van der Waals surface area contributed by atoms with Gasteiger partial charge in [0.15, 0.2) is 11.5 Å². The van der Waals surface area contributed by atoms with E-state index in [1.54, 1.807) is 13.4 Å². The molecule has 1 aromatic carbocycles. The van der Waals surface area contributed by atoms with Crippen LogP contribution in [-0.4, -0.2) is 34.0 Å². The number of fused-ring (bicyclic) bond motifs is 1. The monoisotopic (exact) mass is 346 g/mol. The van der Waals surface area contributed by atoms with E-state index in [4.69, 9.17) is 0 Å². The molecule has 0 saturated carbocycles. The molecule has 0 fully saturated rings. The second-order valence-electron chi connectivity index (χ2n) is 4.67. The molecule has 0 radical (unpaired) electrons. The molecule has 0 atom stereocenters. The SMILES string of the molecule is CNc1nc(N(C)Cc2ccccc2Br)c2[nH]cnc2n1. The second kappa shape index (κ2) is 5.69. The summed E-state index contributed by atoms with van der Waals surface area (Å²) in [6, 6.07) is 8.15. The first-order valence-corrected chi connectivity index (χ1v) is 7.31. The molecule has 0 aliphatic rings. The maximum atomic E-state index is 4.53. The Kier molecular flexibility index (Phi) is 3.74. The molecule has 0 unspecified atom stereocenters. The van der Waals surface area contributed by atoms with E-state index in [1.807, 2.05) is 25.2 Å². The molecule has 0 aliphatic carbocycles. The van der Waals surface area contributed by atoms with Crippen LogP contribution < -0.4 is 10.2 Å². The maximum Gasteiger partial charge on any atom is 0.226 e. The molecule has 21 heavy (non-hydrogen) atoms. The summed E-state index contributed by atoms with van der Waals surface area (Å²) in [6.07, 6.45) is 1.63. The number of anilines is 2. The van der Waals surface area contributed by atoms with Gasteiger partial charge in [0.25, 0.3) is 0 Å². The standard InChI is InChI=1S/C14H15BrN6/c1-16-14-19-12-11(17-8-18-12)13(20-14)21(2)7-9-5-3-4-6-10(9)15/h3-6,8H,7H2,1-2H3,(H2,16,17,18,19,20). The van der Waals surface area contributed by atoms with E-state index < -0.39 is 0 Å². The minimum atomic E-state index is 0.559. The van der Waals surface area contributed by atoms with Crippen molar-refractivity contribution in [1.82, 2.24) is 19.9 Å². The van der Waals surface area contributed by atoms with Crippen LogP contribution in [0.5, 0.6) is 0 Å². The smallest absolute Gasteiger partial charge is 0.226 e. The molecule has 0 spiro atoms. The molecule has 2 aromatic heterocycles. The van der Waals surface area contributed by atoms with Gasteiger partial charge in [0.2, 0.25) is 5.95 Å². The average molecular weight is 347 g/mol. The molecule has 3 rings (SSSR count). The molecule has 2 heterocycles. The van der Waals surface area contributed by atoms with Gasteiger partial charge in [0.05, 0.1) is 6.33 Å². The molecule has 6 nitrogen and oxygen atoms in total. The van der Waals surface area contributed by atoms with E-state index in [0.717, 1.165) is 22.4 Å². The van der Waals surface area contributed by atoms with Crippen molar-refractivity contribution in [3.05, 3.63) is 40.6 Å². The lowest BCUT2D eigenvalue weighted by atomic mass is 10.2. The molecule has 0 bridgehead atoms. The number of aromatic amines is 1. The summed E-state index contributed by atoms with van der Waals surface area (Å²) >= 11 is 3.58. The lowest BCUT2D eigenvalue weighted by Crippen LogP contribution is -2.19. The first kappa shape index (κ1) is 13.8. The fraction of sp³-hybridized carbons (Fsp3) is 0.214. The number of halogens is 1. The van der Waals surface area contributed by atoms with E-state index in [2.05, 4.69) is 52.1 Å². The zero-order valence-corrected chi connectivity index (χ0v) is 13.3. The van der Waals surface area contributed by atoms with Crippen molar-refractivity contribution < 1.29 is 0 Å². The topological polar surface area (TPSA) is 69.7 Å². The summed E-state index contributed by atoms with van der Waals surface area (Å²) in [5.41, 5.74) is 2.68. The van der Waals surface area contributed by atoms with Gasteiger partial charge in [-0.05, 0) is 11.6 Å². The first-order chi connectivity index (χ1) is 10.2. The Morgan fingerprint density at radius 1 is 1.29 bits per heavy atom. The van der Waals surface area contributed by atoms with Crippen LogP contribution in [0.15, 0.2) is 35.1 Å². The van der Waals surface area contributed by atoms with Gasteiger partial charge in [0, 0.05) is 25.1 Å². The van der Waals surface area contributed by atoms with Gasteiger partial charge in [-0.15, -0.1) is 0 Å². The number of H-pyrrole nitrogens is 1. The van der Waals surface area contributed by atoms with E-state index in [-0.39, 0.29) is 0 Å². The van der Waals surface area contributed by atoms with E-state index in [0.29, 0.717) is 11.6 Å². The maximum absolute atomic E-state index is 4.53. The Bertz CT molecular complexity index is 769. The van der Waals surface area contributed by atoms with Crippen LogP contribution in [0.25, 0.3) is 11.2 Å². The van der Waals surface area contributed by atoms with E-state index in [1.165, 1.54) is 5.56 Å². The van der Waals surface area contributed by atoms with Crippen LogP contribution in [0.3, 0.4) is 0 Å². The molecule has 3 aromatic rings. The normalized spacial score (nSPS) is 10.8. The Morgan fingerprint density at radius 3 is 2.86 bits per heavy atom. The van der Waals surface area contributed by atoms with Crippen LogP contribution in [0.4, 0.5) is 11.8 Å². The molecule has 0 amide bonds. The van der Waals surface area contributed by atoms with Crippen LogP contribution in [-0.2, 0) is 6.54 Å². The van der Waals surface area contributed by atoms with Gasteiger partial charge in [-0.25, -0.2) is 4.98 Å². The number of aromatic nitrogens is 4. The molecule has 2 N–H and O–H groups in total. The molecule has 7 heteroatoms. The Labute approximate surface area is 130 Å². The van der Waals surface area contributed by atoms with Crippen LogP contribution in [0, 0.1) is 0 Å². The fourth-order valence-electron chi connectivity index (χ4n) is 2.16. The highest BCUT2D eigenvalue weighted by Crippen LogP contribution is 2.25. The van der Waals surface area contributed by atoms with E-state index >= 15 is 0 Å². The van der Waals surface area contributed by atoms with Gasteiger partial charge in [-0.1, -0.05) is 34.1 Å². The number of hydrogen-bond acceptors (Lipinski definition) is 5. The van der Waals surface area contributed by atoms with Crippen molar-refractivity contribution in [2.24, 2.45) is 0 Å². The molecule has 0 saturated heterocycles. The molecular weight excluding hydrogens is 332 g/mol. The third kappa shape index (κ3) is 2.69. The average Bonchev–Trinajstić information content (AvgIpc) is 2.96. The Hall–Kier alpha value is -2.15. The summed E-state index contributed by atoms with van der Waals surface area (Å²) < 4.78 is 1.08. The zero-order chi connectivity index (χ0) is 14.8. The predicted octanol–water partition coefficient (Wildman–Crippen LogP) is 2.79. The number of hydrogen-bond donors (Lipinski definition) is 2. The van der Waals surface area contributed by atoms with Gasteiger partial charge >= 0.3 is 0 Å². The molecular formula is C14H15BrN6. The predicted molar refractivity (Wildman–Crippen MR) is 87.5 cm³/mol.